The average Bonchev–Trinajstić information content (AvgIpc) is 2.57. The van der Waals surface area contributed by atoms with Gasteiger partial charge in [0.2, 0.25) is 11.8 Å². The molecule has 1 rings (SSSR count). The summed E-state index contributed by atoms with van der Waals surface area (Å²) < 4.78 is 0. The molecule has 0 fully saturated rings. The summed E-state index contributed by atoms with van der Waals surface area (Å²) in [7, 11) is 0. The van der Waals surface area contributed by atoms with Gasteiger partial charge in [-0.05, 0) is 50.3 Å². The molecule has 2 amide bonds. The molecule has 2 N–H and O–H groups in total. The van der Waals surface area contributed by atoms with E-state index in [-0.39, 0.29) is 42.4 Å². The standard InChI is InChI=1S/C23H39N3O2/c1-9-26(15-21(28)25-23(6,7)8)14-20(27)24-22(17(4)5)19-12-10-18(11-13-19)16(2)3/h10-13,16-17,22H,9,14-15H2,1-8H3,(H,24,27)(H,25,28)/t22-/m1/s1. The first-order valence-electron chi connectivity index (χ1n) is 10.4. The van der Waals surface area contributed by atoms with Gasteiger partial charge in [-0.25, -0.2) is 0 Å². The van der Waals surface area contributed by atoms with Crippen LogP contribution < -0.4 is 10.6 Å². The van der Waals surface area contributed by atoms with E-state index in [1.165, 1.54) is 5.56 Å². The number of hydrogen-bond acceptors (Lipinski definition) is 3. The Labute approximate surface area is 171 Å². The molecular weight excluding hydrogens is 350 g/mol. The number of likely N-dealkylation sites (N-methyl/N-ethyl adjacent to an activating group) is 1. The van der Waals surface area contributed by atoms with Gasteiger partial charge in [0.1, 0.15) is 0 Å². The predicted octanol–water partition coefficient (Wildman–Crippen LogP) is 3.86. The van der Waals surface area contributed by atoms with Crippen molar-refractivity contribution >= 4 is 11.8 Å². The third-order valence-corrected chi connectivity index (χ3v) is 4.64. The van der Waals surface area contributed by atoms with Crippen molar-refractivity contribution in [3.8, 4) is 0 Å². The number of rotatable bonds is 9. The number of carbonyl (C=O) groups is 2. The molecule has 0 saturated heterocycles. The first-order chi connectivity index (χ1) is 12.9. The SMILES string of the molecule is CCN(CC(=O)N[C@@H](c1ccc(C(C)C)cc1)C(C)C)CC(=O)NC(C)(C)C. The minimum absolute atomic E-state index is 0.0455. The Hall–Kier alpha value is -1.88. The van der Waals surface area contributed by atoms with Gasteiger partial charge in [-0.2, -0.15) is 0 Å². The normalized spacial score (nSPS) is 13.1. The van der Waals surface area contributed by atoms with Crippen LogP contribution in [0.3, 0.4) is 0 Å². The number of carbonyl (C=O) groups excluding carboxylic acids is 2. The highest BCUT2D eigenvalue weighted by molar-refractivity contribution is 5.81. The van der Waals surface area contributed by atoms with Crippen molar-refractivity contribution in [3.05, 3.63) is 35.4 Å². The van der Waals surface area contributed by atoms with Crippen LogP contribution in [0.25, 0.3) is 0 Å². The molecule has 0 aliphatic heterocycles. The van der Waals surface area contributed by atoms with Crippen LogP contribution in [0.5, 0.6) is 0 Å². The van der Waals surface area contributed by atoms with Gasteiger partial charge >= 0.3 is 0 Å². The molecule has 0 radical (unpaired) electrons. The zero-order valence-corrected chi connectivity index (χ0v) is 18.9. The monoisotopic (exact) mass is 389 g/mol. The van der Waals surface area contributed by atoms with Crippen LogP contribution >= 0.6 is 0 Å². The minimum Gasteiger partial charge on any atom is -0.350 e. The van der Waals surface area contributed by atoms with Gasteiger partial charge in [-0.3, -0.25) is 14.5 Å². The maximum absolute atomic E-state index is 12.7. The molecule has 0 aliphatic carbocycles. The second-order valence-corrected chi connectivity index (χ2v) is 9.21. The summed E-state index contributed by atoms with van der Waals surface area (Å²) in [6, 6.07) is 8.44. The minimum atomic E-state index is -0.274. The maximum Gasteiger partial charge on any atom is 0.234 e. The topological polar surface area (TPSA) is 61.4 Å². The van der Waals surface area contributed by atoms with Crippen molar-refractivity contribution in [3.63, 3.8) is 0 Å². The Morgan fingerprint density at radius 2 is 1.43 bits per heavy atom. The van der Waals surface area contributed by atoms with Crippen molar-refractivity contribution < 1.29 is 9.59 Å². The number of hydrogen-bond donors (Lipinski definition) is 2. The number of nitrogens with zero attached hydrogens (tertiary/aromatic N) is 1. The quantitative estimate of drug-likeness (QED) is 0.674. The van der Waals surface area contributed by atoms with Gasteiger partial charge in [0.05, 0.1) is 19.1 Å². The van der Waals surface area contributed by atoms with Crippen LogP contribution in [-0.4, -0.2) is 41.9 Å². The molecule has 0 spiro atoms. The Balaban J connectivity index is 2.73. The van der Waals surface area contributed by atoms with Gasteiger partial charge in [-0.15, -0.1) is 0 Å². The van der Waals surface area contributed by atoms with E-state index in [4.69, 9.17) is 0 Å². The van der Waals surface area contributed by atoms with Crippen LogP contribution in [-0.2, 0) is 9.59 Å². The molecule has 0 aromatic heterocycles. The molecule has 28 heavy (non-hydrogen) atoms. The molecule has 0 heterocycles. The lowest BCUT2D eigenvalue weighted by Gasteiger charge is -2.27. The Morgan fingerprint density at radius 3 is 1.86 bits per heavy atom. The summed E-state index contributed by atoms with van der Waals surface area (Å²) in [6.45, 7) is 17.4. The summed E-state index contributed by atoms with van der Waals surface area (Å²) in [5, 5.41) is 6.10. The third kappa shape index (κ3) is 8.42. The van der Waals surface area contributed by atoms with Crippen LogP contribution in [0.4, 0.5) is 0 Å². The molecule has 0 bridgehead atoms. The first kappa shape index (κ1) is 24.2. The lowest BCUT2D eigenvalue weighted by molar-refractivity contribution is -0.126. The zero-order chi connectivity index (χ0) is 21.5. The largest absolute Gasteiger partial charge is 0.350 e. The number of amides is 2. The second kappa shape index (κ2) is 10.6. The summed E-state index contributed by atoms with van der Waals surface area (Å²) in [5.41, 5.74) is 2.13. The van der Waals surface area contributed by atoms with E-state index in [1.54, 1.807) is 0 Å². The molecule has 0 unspecified atom stereocenters. The van der Waals surface area contributed by atoms with Crippen molar-refractivity contribution in [2.24, 2.45) is 5.92 Å². The van der Waals surface area contributed by atoms with Crippen molar-refractivity contribution in [2.45, 2.75) is 72.9 Å². The molecule has 5 nitrogen and oxygen atoms in total. The van der Waals surface area contributed by atoms with E-state index in [1.807, 2.05) is 32.6 Å². The lowest BCUT2D eigenvalue weighted by atomic mass is 9.93. The summed E-state index contributed by atoms with van der Waals surface area (Å²) >= 11 is 0. The van der Waals surface area contributed by atoms with Gasteiger partial charge in [0, 0.05) is 5.54 Å². The van der Waals surface area contributed by atoms with Gasteiger partial charge < -0.3 is 10.6 Å². The van der Waals surface area contributed by atoms with E-state index in [2.05, 4.69) is 62.6 Å². The van der Waals surface area contributed by atoms with Crippen LogP contribution in [0.2, 0.25) is 0 Å². The van der Waals surface area contributed by atoms with E-state index < -0.39 is 0 Å². The van der Waals surface area contributed by atoms with Gasteiger partial charge in [0.15, 0.2) is 0 Å². The number of benzene rings is 1. The highest BCUT2D eigenvalue weighted by atomic mass is 16.2. The second-order valence-electron chi connectivity index (χ2n) is 9.21. The van der Waals surface area contributed by atoms with E-state index in [0.717, 1.165) is 5.56 Å². The van der Waals surface area contributed by atoms with Crippen LogP contribution in [0.15, 0.2) is 24.3 Å². The molecule has 5 heteroatoms. The molecule has 158 valence electrons. The lowest BCUT2D eigenvalue weighted by Crippen LogP contribution is -2.48. The molecule has 1 aromatic rings. The van der Waals surface area contributed by atoms with Crippen molar-refractivity contribution in [1.29, 1.82) is 0 Å². The highest BCUT2D eigenvalue weighted by Crippen LogP contribution is 2.24. The average molecular weight is 390 g/mol. The zero-order valence-electron chi connectivity index (χ0n) is 18.9. The molecular formula is C23H39N3O2. The van der Waals surface area contributed by atoms with Crippen molar-refractivity contribution in [1.82, 2.24) is 15.5 Å². The van der Waals surface area contributed by atoms with Crippen LogP contribution in [0, 0.1) is 5.92 Å². The van der Waals surface area contributed by atoms with Gasteiger partial charge in [-0.1, -0.05) is 58.9 Å². The highest BCUT2D eigenvalue weighted by Gasteiger charge is 2.21. The first-order valence-corrected chi connectivity index (χ1v) is 10.4. The van der Waals surface area contributed by atoms with Crippen LogP contribution in [0.1, 0.15) is 78.5 Å². The predicted molar refractivity (Wildman–Crippen MR) is 116 cm³/mol. The maximum atomic E-state index is 12.7. The number of nitrogens with one attached hydrogen (secondary N) is 2. The Bertz CT molecular complexity index is 630. The molecule has 1 aromatic carbocycles. The smallest absolute Gasteiger partial charge is 0.234 e. The molecule has 0 aliphatic rings. The Kier molecular flexibility index (Phi) is 9.15. The Morgan fingerprint density at radius 1 is 0.929 bits per heavy atom. The fraction of sp³-hybridized carbons (Fsp3) is 0.652. The van der Waals surface area contributed by atoms with Crippen molar-refractivity contribution in [2.75, 3.05) is 19.6 Å². The summed E-state index contributed by atoms with van der Waals surface area (Å²) in [5.74, 6) is 0.635. The van der Waals surface area contributed by atoms with E-state index in [9.17, 15) is 9.59 Å². The third-order valence-electron chi connectivity index (χ3n) is 4.64. The molecule has 0 saturated carbocycles. The molecule has 1 atom stereocenters. The summed E-state index contributed by atoms with van der Waals surface area (Å²) in [6.07, 6.45) is 0. The van der Waals surface area contributed by atoms with E-state index >= 15 is 0 Å². The fourth-order valence-corrected chi connectivity index (χ4v) is 3.09. The fourth-order valence-electron chi connectivity index (χ4n) is 3.09. The summed E-state index contributed by atoms with van der Waals surface area (Å²) in [4.78, 5) is 26.7. The van der Waals surface area contributed by atoms with E-state index in [0.29, 0.717) is 12.5 Å². The van der Waals surface area contributed by atoms with Gasteiger partial charge in [0.25, 0.3) is 0 Å².